The van der Waals surface area contributed by atoms with Crippen molar-refractivity contribution >= 4 is 11.9 Å². The number of rotatable bonds is 5. The molecule has 0 aromatic heterocycles. The molecule has 4 atom stereocenters. The van der Waals surface area contributed by atoms with Crippen molar-refractivity contribution in [3.8, 4) is 0 Å². The van der Waals surface area contributed by atoms with Gasteiger partial charge in [0.15, 0.2) is 0 Å². The van der Waals surface area contributed by atoms with Gasteiger partial charge in [0, 0.05) is 12.5 Å². The van der Waals surface area contributed by atoms with Crippen molar-refractivity contribution in [2.45, 2.75) is 24.9 Å². The van der Waals surface area contributed by atoms with Gasteiger partial charge in [0.05, 0.1) is 5.92 Å². The zero-order chi connectivity index (χ0) is 14.3. The zero-order valence-corrected chi connectivity index (χ0v) is 11.0. The summed E-state index contributed by atoms with van der Waals surface area (Å²) in [6.45, 7) is 0.447. The standard InChI is InChI=1S/C15H17NO4/c17-13(18)11-10-6-7-15(12(10)11,14(19)20)16-8-9-4-2-1-3-5-9/h1-5,10-12,16H,6-8H2,(H,17,18)(H,19,20). The third-order valence-electron chi connectivity index (χ3n) is 4.73. The van der Waals surface area contributed by atoms with Crippen molar-refractivity contribution in [2.24, 2.45) is 17.8 Å². The van der Waals surface area contributed by atoms with Gasteiger partial charge >= 0.3 is 11.9 Å². The average molecular weight is 275 g/mol. The highest BCUT2D eigenvalue weighted by atomic mass is 16.4. The topological polar surface area (TPSA) is 86.6 Å². The molecule has 0 bridgehead atoms. The summed E-state index contributed by atoms with van der Waals surface area (Å²) >= 11 is 0. The maximum atomic E-state index is 11.7. The van der Waals surface area contributed by atoms with Crippen LogP contribution in [-0.4, -0.2) is 27.7 Å². The van der Waals surface area contributed by atoms with E-state index >= 15 is 0 Å². The summed E-state index contributed by atoms with van der Waals surface area (Å²) in [7, 11) is 0. The molecular weight excluding hydrogens is 258 g/mol. The van der Waals surface area contributed by atoms with E-state index in [4.69, 9.17) is 5.11 Å². The number of carboxylic acid groups (broad SMARTS) is 2. The van der Waals surface area contributed by atoms with Gasteiger partial charge in [-0.1, -0.05) is 30.3 Å². The first kappa shape index (κ1) is 13.1. The summed E-state index contributed by atoms with van der Waals surface area (Å²) in [6, 6.07) is 9.56. The SMILES string of the molecule is O=C(O)C1C2CCC(NCc3ccccc3)(C(=O)O)C21. The molecule has 0 radical (unpaired) electrons. The van der Waals surface area contributed by atoms with Gasteiger partial charge in [-0.2, -0.15) is 0 Å². The molecule has 0 amide bonds. The Morgan fingerprint density at radius 3 is 2.50 bits per heavy atom. The van der Waals surface area contributed by atoms with E-state index in [1.165, 1.54) is 0 Å². The monoisotopic (exact) mass is 275 g/mol. The molecule has 5 nitrogen and oxygen atoms in total. The second-order valence-electron chi connectivity index (χ2n) is 5.71. The van der Waals surface area contributed by atoms with E-state index in [1.54, 1.807) is 0 Å². The number of hydrogen-bond donors (Lipinski definition) is 3. The van der Waals surface area contributed by atoms with E-state index in [9.17, 15) is 14.7 Å². The number of benzene rings is 1. The molecule has 4 unspecified atom stereocenters. The maximum Gasteiger partial charge on any atom is 0.324 e. The molecule has 1 aromatic rings. The van der Waals surface area contributed by atoms with Crippen molar-refractivity contribution in [1.82, 2.24) is 5.32 Å². The zero-order valence-electron chi connectivity index (χ0n) is 11.0. The Bertz CT molecular complexity index is 544. The summed E-state index contributed by atoms with van der Waals surface area (Å²) in [6.07, 6.45) is 1.18. The first-order valence-electron chi connectivity index (χ1n) is 6.81. The van der Waals surface area contributed by atoms with Crippen LogP contribution in [0.2, 0.25) is 0 Å². The van der Waals surface area contributed by atoms with Gasteiger partial charge in [-0.05, 0) is 24.3 Å². The van der Waals surface area contributed by atoms with Gasteiger partial charge in [0.2, 0.25) is 0 Å². The molecule has 2 saturated carbocycles. The minimum Gasteiger partial charge on any atom is -0.481 e. The van der Waals surface area contributed by atoms with Gasteiger partial charge in [-0.25, -0.2) is 0 Å². The lowest BCUT2D eigenvalue weighted by Crippen LogP contribution is -2.53. The molecule has 3 N–H and O–H groups in total. The van der Waals surface area contributed by atoms with Gasteiger partial charge in [0.25, 0.3) is 0 Å². The van der Waals surface area contributed by atoms with Gasteiger partial charge < -0.3 is 10.2 Å². The third-order valence-corrected chi connectivity index (χ3v) is 4.73. The molecule has 20 heavy (non-hydrogen) atoms. The van der Waals surface area contributed by atoms with Gasteiger partial charge in [0.1, 0.15) is 5.54 Å². The summed E-state index contributed by atoms with van der Waals surface area (Å²) in [5, 5.41) is 21.8. The second kappa shape index (κ2) is 4.59. The first-order valence-corrected chi connectivity index (χ1v) is 6.81. The highest BCUT2D eigenvalue weighted by Gasteiger charge is 2.71. The van der Waals surface area contributed by atoms with Crippen LogP contribution in [0.25, 0.3) is 0 Å². The summed E-state index contributed by atoms with van der Waals surface area (Å²) in [5.41, 5.74) is -0.0760. The molecule has 0 aliphatic heterocycles. The first-order chi connectivity index (χ1) is 9.56. The Balaban J connectivity index is 1.77. The fraction of sp³-hybridized carbons (Fsp3) is 0.467. The van der Waals surface area contributed by atoms with Crippen LogP contribution in [0.1, 0.15) is 18.4 Å². The molecule has 1 aromatic carbocycles. The Labute approximate surface area is 116 Å². The summed E-state index contributed by atoms with van der Waals surface area (Å²) in [4.78, 5) is 22.8. The second-order valence-corrected chi connectivity index (χ2v) is 5.71. The van der Waals surface area contributed by atoms with Crippen LogP contribution in [0.15, 0.2) is 30.3 Å². The maximum absolute atomic E-state index is 11.7. The number of carbonyl (C=O) groups is 2. The lowest BCUT2D eigenvalue weighted by atomic mass is 9.90. The van der Waals surface area contributed by atoms with E-state index in [-0.39, 0.29) is 11.8 Å². The minimum atomic E-state index is -1.08. The van der Waals surface area contributed by atoms with Gasteiger partial charge in [-0.3, -0.25) is 14.9 Å². The predicted octanol–water partition coefficient (Wildman–Crippen LogP) is 1.34. The van der Waals surface area contributed by atoms with E-state index in [1.807, 2.05) is 30.3 Å². The van der Waals surface area contributed by atoms with Crippen molar-refractivity contribution in [3.63, 3.8) is 0 Å². The van der Waals surface area contributed by atoms with Crippen molar-refractivity contribution in [2.75, 3.05) is 0 Å². The van der Waals surface area contributed by atoms with Crippen LogP contribution in [-0.2, 0) is 16.1 Å². The molecule has 0 spiro atoms. The van der Waals surface area contributed by atoms with E-state index in [0.29, 0.717) is 19.4 Å². The lowest BCUT2D eigenvalue weighted by Gasteiger charge is -2.28. The minimum absolute atomic E-state index is 0.0203. The third kappa shape index (κ3) is 1.89. The number of hydrogen-bond acceptors (Lipinski definition) is 3. The summed E-state index contributed by atoms with van der Waals surface area (Å²) in [5.74, 6) is -2.55. The highest BCUT2D eigenvalue weighted by molar-refractivity contribution is 5.85. The Kier molecular flexibility index (Phi) is 3.01. The quantitative estimate of drug-likeness (QED) is 0.755. The molecule has 2 aliphatic carbocycles. The smallest absolute Gasteiger partial charge is 0.324 e. The number of carboxylic acids is 2. The van der Waals surface area contributed by atoms with Crippen LogP contribution < -0.4 is 5.32 Å². The molecule has 0 heterocycles. The molecule has 0 saturated heterocycles. The van der Waals surface area contributed by atoms with Gasteiger partial charge in [-0.15, -0.1) is 0 Å². The summed E-state index contributed by atoms with van der Waals surface area (Å²) < 4.78 is 0. The van der Waals surface area contributed by atoms with E-state index < -0.39 is 23.4 Å². The van der Waals surface area contributed by atoms with E-state index in [2.05, 4.69) is 5.32 Å². The Morgan fingerprint density at radius 2 is 1.95 bits per heavy atom. The van der Waals surface area contributed by atoms with Crippen molar-refractivity contribution in [1.29, 1.82) is 0 Å². The Morgan fingerprint density at radius 1 is 1.25 bits per heavy atom. The molecule has 2 fully saturated rings. The fourth-order valence-corrected chi connectivity index (χ4v) is 3.69. The molecular formula is C15H17NO4. The lowest BCUT2D eigenvalue weighted by molar-refractivity contribution is -0.147. The Hall–Kier alpha value is -1.88. The van der Waals surface area contributed by atoms with E-state index in [0.717, 1.165) is 5.56 Å². The molecule has 106 valence electrons. The molecule has 3 rings (SSSR count). The van der Waals surface area contributed by atoms with Crippen LogP contribution in [0.5, 0.6) is 0 Å². The van der Waals surface area contributed by atoms with Crippen molar-refractivity contribution < 1.29 is 19.8 Å². The van der Waals surface area contributed by atoms with Crippen LogP contribution in [0, 0.1) is 17.8 Å². The fourth-order valence-electron chi connectivity index (χ4n) is 3.69. The van der Waals surface area contributed by atoms with Crippen LogP contribution in [0.3, 0.4) is 0 Å². The number of aliphatic carboxylic acids is 2. The normalized spacial score (nSPS) is 34.5. The number of nitrogens with one attached hydrogen (secondary N) is 1. The predicted molar refractivity (Wildman–Crippen MR) is 71.0 cm³/mol. The average Bonchev–Trinajstić information content (AvgIpc) is 3.05. The van der Waals surface area contributed by atoms with Crippen LogP contribution >= 0.6 is 0 Å². The highest BCUT2D eigenvalue weighted by Crippen LogP contribution is 2.62. The number of fused-ring (bicyclic) bond motifs is 1. The largest absolute Gasteiger partial charge is 0.481 e. The molecule has 5 heteroatoms. The molecule has 2 aliphatic rings. The van der Waals surface area contributed by atoms with Crippen molar-refractivity contribution in [3.05, 3.63) is 35.9 Å². The van der Waals surface area contributed by atoms with Crippen LogP contribution in [0.4, 0.5) is 0 Å².